The number of H-pyrrole nitrogens is 1. The summed E-state index contributed by atoms with van der Waals surface area (Å²) >= 11 is 5.18. The van der Waals surface area contributed by atoms with Crippen LogP contribution < -0.4 is 5.43 Å². The average molecular weight is 315 g/mol. The van der Waals surface area contributed by atoms with Crippen LogP contribution in [0, 0.1) is 14.8 Å². The standard InChI is InChI=1S/C13H9N5O3S/c19-18(20)11-6-5-8(21-11)7-14-17-12-13(22)16-10-4-2-1-3-9(10)15-12/h1-7H,(H,15,17)(H,16,22)/b14-7+. The molecule has 1 aromatic carbocycles. The molecule has 0 amide bonds. The second-order valence-electron chi connectivity index (χ2n) is 4.23. The van der Waals surface area contributed by atoms with Gasteiger partial charge in [-0.3, -0.25) is 15.5 Å². The smallest absolute Gasteiger partial charge is 0.400 e. The highest BCUT2D eigenvalue weighted by molar-refractivity contribution is 7.71. The number of nitro groups is 1. The van der Waals surface area contributed by atoms with Gasteiger partial charge < -0.3 is 9.40 Å². The van der Waals surface area contributed by atoms with Crippen LogP contribution in [0.15, 0.2) is 45.9 Å². The van der Waals surface area contributed by atoms with Crippen molar-refractivity contribution in [1.82, 2.24) is 9.97 Å². The molecule has 2 aromatic heterocycles. The fraction of sp³-hybridized carbons (Fsp3) is 0. The molecule has 0 bridgehead atoms. The van der Waals surface area contributed by atoms with Crippen molar-refractivity contribution in [2.24, 2.45) is 5.10 Å². The lowest BCUT2D eigenvalue weighted by molar-refractivity contribution is -0.402. The van der Waals surface area contributed by atoms with Crippen molar-refractivity contribution in [3.8, 4) is 0 Å². The number of hydrogen-bond donors (Lipinski definition) is 2. The lowest BCUT2D eigenvalue weighted by Crippen LogP contribution is -1.96. The predicted octanol–water partition coefficient (Wildman–Crippen LogP) is 3.24. The molecule has 110 valence electrons. The fourth-order valence-electron chi connectivity index (χ4n) is 1.77. The zero-order valence-corrected chi connectivity index (χ0v) is 11.8. The van der Waals surface area contributed by atoms with Crippen LogP contribution in [0.4, 0.5) is 11.7 Å². The van der Waals surface area contributed by atoms with Crippen molar-refractivity contribution >= 4 is 41.2 Å². The maximum absolute atomic E-state index is 10.5. The van der Waals surface area contributed by atoms with Crippen molar-refractivity contribution in [1.29, 1.82) is 0 Å². The van der Waals surface area contributed by atoms with Crippen LogP contribution in [0.25, 0.3) is 11.0 Å². The van der Waals surface area contributed by atoms with Crippen molar-refractivity contribution < 1.29 is 9.34 Å². The van der Waals surface area contributed by atoms with E-state index >= 15 is 0 Å². The van der Waals surface area contributed by atoms with E-state index in [4.69, 9.17) is 16.6 Å². The summed E-state index contributed by atoms with van der Waals surface area (Å²) in [6.07, 6.45) is 1.30. The topological polar surface area (TPSA) is 109 Å². The van der Waals surface area contributed by atoms with Crippen LogP contribution in [-0.4, -0.2) is 21.1 Å². The highest BCUT2D eigenvalue weighted by Gasteiger charge is 2.10. The third kappa shape index (κ3) is 2.83. The number of furan rings is 1. The van der Waals surface area contributed by atoms with E-state index in [1.54, 1.807) is 0 Å². The van der Waals surface area contributed by atoms with Gasteiger partial charge in [-0.2, -0.15) is 5.10 Å². The highest BCUT2D eigenvalue weighted by atomic mass is 32.1. The van der Waals surface area contributed by atoms with Crippen LogP contribution in [0.1, 0.15) is 5.76 Å². The van der Waals surface area contributed by atoms with E-state index in [0.29, 0.717) is 10.5 Å². The van der Waals surface area contributed by atoms with Gasteiger partial charge in [0.2, 0.25) is 0 Å². The van der Waals surface area contributed by atoms with Gasteiger partial charge >= 0.3 is 5.88 Å². The number of hydrogen-bond acceptors (Lipinski definition) is 7. The molecule has 0 spiro atoms. The van der Waals surface area contributed by atoms with E-state index in [0.717, 1.165) is 11.0 Å². The molecule has 8 nitrogen and oxygen atoms in total. The molecule has 0 aliphatic heterocycles. The van der Waals surface area contributed by atoms with Gasteiger partial charge in [0.15, 0.2) is 11.6 Å². The molecule has 3 aromatic rings. The van der Waals surface area contributed by atoms with Crippen LogP contribution in [-0.2, 0) is 0 Å². The second kappa shape index (κ2) is 5.74. The Balaban J connectivity index is 1.80. The van der Waals surface area contributed by atoms with Gasteiger partial charge in [-0.1, -0.05) is 24.4 Å². The molecular formula is C13H9N5O3S. The number of anilines is 1. The molecule has 2 N–H and O–H groups in total. The van der Waals surface area contributed by atoms with E-state index in [1.165, 1.54) is 18.3 Å². The van der Waals surface area contributed by atoms with Gasteiger partial charge in [0.05, 0.1) is 23.3 Å². The Kier molecular flexibility index (Phi) is 3.62. The number of hydrazone groups is 1. The van der Waals surface area contributed by atoms with Gasteiger partial charge in [0, 0.05) is 0 Å². The first-order valence-corrected chi connectivity index (χ1v) is 6.57. The Labute approximate surface area is 128 Å². The molecule has 9 heteroatoms. The first-order chi connectivity index (χ1) is 10.6. The summed E-state index contributed by atoms with van der Waals surface area (Å²) in [5.41, 5.74) is 4.25. The summed E-state index contributed by atoms with van der Waals surface area (Å²) in [5.74, 6) is 0.281. The lowest BCUT2D eigenvalue weighted by atomic mass is 10.3. The molecule has 0 aliphatic rings. The summed E-state index contributed by atoms with van der Waals surface area (Å²) in [6, 6.07) is 10.1. The van der Waals surface area contributed by atoms with E-state index in [2.05, 4.69) is 20.5 Å². The number of benzene rings is 1. The van der Waals surface area contributed by atoms with Gasteiger partial charge in [-0.15, -0.1) is 0 Å². The lowest BCUT2D eigenvalue weighted by Gasteiger charge is -2.02. The Morgan fingerprint density at radius 2 is 2.18 bits per heavy atom. The maximum Gasteiger partial charge on any atom is 0.433 e. The van der Waals surface area contributed by atoms with Gasteiger partial charge in [-0.25, -0.2) is 4.98 Å². The molecule has 0 atom stereocenters. The quantitative estimate of drug-likeness (QED) is 0.331. The molecule has 2 heterocycles. The van der Waals surface area contributed by atoms with E-state index < -0.39 is 4.92 Å². The summed E-state index contributed by atoms with van der Waals surface area (Å²) in [7, 11) is 0. The zero-order valence-electron chi connectivity index (χ0n) is 11.0. The summed E-state index contributed by atoms with van der Waals surface area (Å²) < 4.78 is 5.34. The van der Waals surface area contributed by atoms with Gasteiger partial charge in [0.25, 0.3) is 0 Å². The number of fused-ring (bicyclic) bond motifs is 1. The molecule has 0 aliphatic carbocycles. The third-order valence-electron chi connectivity index (χ3n) is 2.75. The fourth-order valence-corrected chi connectivity index (χ4v) is 1.97. The Hall–Kier alpha value is -3.07. The average Bonchev–Trinajstić information content (AvgIpc) is 2.97. The van der Waals surface area contributed by atoms with Crippen LogP contribution in [0.2, 0.25) is 0 Å². The second-order valence-corrected chi connectivity index (χ2v) is 4.64. The maximum atomic E-state index is 10.5. The van der Waals surface area contributed by atoms with Gasteiger partial charge in [0.1, 0.15) is 9.56 Å². The van der Waals surface area contributed by atoms with E-state index in [1.807, 2.05) is 24.3 Å². The molecule has 0 fully saturated rings. The van der Waals surface area contributed by atoms with Gasteiger partial charge in [-0.05, 0) is 18.2 Å². The Morgan fingerprint density at radius 1 is 1.36 bits per heavy atom. The highest BCUT2D eigenvalue weighted by Crippen LogP contribution is 2.15. The number of aromatic amines is 1. The molecular weight excluding hydrogens is 306 g/mol. The molecule has 22 heavy (non-hydrogen) atoms. The van der Waals surface area contributed by atoms with Crippen LogP contribution in [0.3, 0.4) is 0 Å². The third-order valence-corrected chi connectivity index (χ3v) is 3.05. The Bertz CT molecular complexity index is 931. The van der Waals surface area contributed by atoms with E-state index in [-0.39, 0.29) is 11.6 Å². The van der Waals surface area contributed by atoms with Crippen LogP contribution >= 0.6 is 12.2 Å². The van der Waals surface area contributed by atoms with Crippen LogP contribution in [0.5, 0.6) is 0 Å². The minimum Gasteiger partial charge on any atom is -0.400 e. The van der Waals surface area contributed by atoms with Crippen molar-refractivity contribution in [2.75, 3.05) is 5.43 Å². The minimum atomic E-state index is -0.619. The monoisotopic (exact) mass is 315 g/mol. The Morgan fingerprint density at radius 3 is 2.95 bits per heavy atom. The number of nitrogens with one attached hydrogen (secondary N) is 2. The predicted molar refractivity (Wildman–Crippen MR) is 83.5 cm³/mol. The number of aromatic nitrogens is 2. The molecule has 0 saturated heterocycles. The summed E-state index contributed by atoms with van der Waals surface area (Å²) in [4.78, 5) is 17.3. The summed E-state index contributed by atoms with van der Waals surface area (Å²) in [5, 5.41) is 14.4. The summed E-state index contributed by atoms with van der Waals surface area (Å²) in [6.45, 7) is 0. The van der Waals surface area contributed by atoms with Crippen molar-refractivity contribution in [3.05, 3.63) is 56.9 Å². The zero-order chi connectivity index (χ0) is 15.5. The molecule has 0 radical (unpaired) electrons. The molecule has 0 unspecified atom stereocenters. The molecule has 0 saturated carbocycles. The normalized spacial score (nSPS) is 11.1. The number of rotatable bonds is 4. The number of nitrogens with zero attached hydrogens (tertiary/aromatic N) is 3. The molecule has 3 rings (SSSR count). The van der Waals surface area contributed by atoms with Crippen molar-refractivity contribution in [2.45, 2.75) is 0 Å². The minimum absolute atomic E-state index is 0.245. The largest absolute Gasteiger partial charge is 0.433 e. The SMILES string of the molecule is O=[N+]([O-])c1ccc(/C=N/Nc2nc3ccccc3[nH]c2=S)o1. The van der Waals surface area contributed by atoms with Crippen molar-refractivity contribution in [3.63, 3.8) is 0 Å². The first kappa shape index (κ1) is 13.9. The first-order valence-electron chi connectivity index (χ1n) is 6.16. The number of para-hydroxylation sites is 2. The van der Waals surface area contributed by atoms with E-state index in [9.17, 15) is 10.1 Å².